The van der Waals surface area contributed by atoms with Crippen LogP contribution in [-0.4, -0.2) is 52.4 Å². The number of carbonyl (C=O) groups excluding carboxylic acids is 1. The zero-order valence-electron chi connectivity index (χ0n) is 13.1. The third kappa shape index (κ3) is 2.66. The minimum absolute atomic E-state index is 0.120. The van der Waals surface area contributed by atoms with Crippen molar-refractivity contribution in [3.8, 4) is 0 Å². The Morgan fingerprint density at radius 2 is 2.36 bits per heavy atom. The Hall–Kier alpha value is -2.08. The topological polar surface area (TPSA) is 54.5 Å². The zero-order valence-corrected chi connectivity index (χ0v) is 13.1. The van der Waals surface area contributed by atoms with Gasteiger partial charge in [0.25, 0.3) is 0 Å². The van der Waals surface area contributed by atoms with Crippen molar-refractivity contribution < 1.29 is 9.21 Å². The summed E-state index contributed by atoms with van der Waals surface area (Å²) < 4.78 is 7.41. The van der Waals surface area contributed by atoms with Crippen LogP contribution in [0.5, 0.6) is 0 Å². The van der Waals surface area contributed by atoms with E-state index in [0.29, 0.717) is 6.54 Å². The average molecular weight is 302 g/mol. The number of amides is 1. The van der Waals surface area contributed by atoms with Gasteiger partial charge < -0.3 is 13.9 Å². The highest BCUT2D eigenvalue weighted by Crippen LogP contribution is 2.31. The lowest BCUT2D eigenvalue weighted by Gasteiger charge is -2.43. The number of hydrogen-bond acceptors (Lipinski definition) is 4. The molecule has 1 fully saturated rings. The van der Waals surface area contributed by atoms with Gasteiger partial charge in [0.1, 0.15) is 11.3 Å². The maximum absolute atomic E-state index is 12.9. The van der Waals surface area contributed by atoms with E-state index in [1.807, 2.05) is 37.0 Å². The van der Waals surface area contributed by atoms with Crippen molar-refractivity contribution in [1.29, 1.82) is 0 Å². The number of likely N-dealkylation sites (N-methyl/N-ethyl adjacent to an activating group) is 1. The zero-order chi connectivity index (χ0) is 15.6. The van der Waals surface area contributed by atoms with E-state index < -0.39 is 5.54 Å². The first-order valence-electron chi connectivity index (χ1n) is 7.57. The average Bonchev–Trinajstić information content (AvgIpc) is 3.19. The van der Waals surface area contributed by atoms with Gasteiger partial charge in [0.2, 0.25) is 5.91 Å². The summed E-state index contributed by atoms with van der Waals surface area (Å²) in [6, 6.07) is 3.87. The van der Waals surface area contributed by atoms with Crippen LogP contribution >= 0.6 is 0 Å². The lowest BCUT2D eigenvalue weighted by atomic mass is 9.87. The second-order valence-electron chi connectivity index (χ2n) is 6.09. The van der Waals surface area contributed by atoms with Gasteiger partial charge in [0, 0.05) is 33.0 Å². The summed E-state index contributed by atoms with van der Waals surface area (Å²) in [5, 5.41) is 0. The third-order valence-electron chi connectivity index (χ3n) is 4.31. The molecular formula is C16H22N4O2. The first kappa shape index (κ1) is 14.8. The fourth-order valence-corrected chi connectivity index (χ4v) is 3.31. The summed E-state index contributed by atoms with van der Waals surface area (Å²) in [5.74, 6) is 1.05. The number of carbonyl (C=O) groups is 1. The predicted molar refractivity (Wildman–Crippen MR) is 82.1 cm³/mol. The van der Waals surface area contributed by atoms with Crippen molar-refractivity contribution in [3.63, 3.8) is 0 Å². The Kier molecular flexibility index (Phi) is 4.02. The van der Waals surface area contributed by atoms with Gasteiger partial charge in [0.05, 0.1) is 19.1 Å². The molecule has 0 aliphatic carbocycles. The van der Waals surface area contributed by atoms with Gasteiger partial charge in [0.15, 0.2) is 0 Å². The minimum atomic E-state index is -0.579. The molecule has 6 nitrogen and oxygen atoms in total. The van der Waals surface area contributed by atoms with Gasteiger partial charge in [-0.1, -0.05) is 0 Å². The molecule has 1 aliphatic rings. The molecule has 118 valence electrons. The molecule has 3 heterocycles. The standard InChI is InChI=1S/C16H22N4O2/c1-18(2)15(21)16(20-9-7-17-13-20)6-4-8-19(12-16)11-14-5-3-10-22-14/h3,5,7,9-10,13H,4,6,8,11-12H2,1-2H3. The summed E-state index contributed by atoms with van der Waals surface area (Å²) in [5.41, 5.74) is -0.579. The van der Waals surface area contributed by atoms with Crippen molar-refractivity contribution in [2.24, 2.45) is 0 Å². The van der Waals surface area contributed by atoms with Gasteiger partial charge in [-0.3, -0.25) is 9.69 Å². The van der Waals surface area contributed by atoms with E-state index >= 15 is 0 Å². The Balaban J connectivity index is 1.87. The number of likely N-dealkylation sites (tertiary alicyclic amines) is 1. The van der Waals surface area contributed by atoms with Crippen LogP contribution in [0.1, 0.15) is 18.6 Å². The van der Waals surface area contributed by atoms with E-state index in [1.165, 1.54) is 0 Å². The molecule has 1 amide bonds. The molecule has 0 spiro atoms. The molecule has 0 radical (unpaired) electrons. The number of imidazole rings is 1. The molecule has 6 heteroatoms. The molecule has 0 saturated carbocycles. The Labute approximate surface area is 130 Å². The van der Waals surface area contributed by atoms with E-state index in [2.05, 4.69) is 9.88 Å². The highest BCUT2D eigenvalue weighted by Gasteiger charge is 2.44. The molecular weight excluding hydrogens is 280 g/mol. The van der Waals surface area contributed by atoms with E-state index in [1.54, 1.807) is 23.7 Å². The maximum atomic E-state index is 12.9. The van der Waals surface area contributed by atoms with Crippen LogP contribution in [0.25, 0.3) is 0 Å². The second kappa shape index (κ2) is 5.96. The molecule has 0 aromatic carbocycles. The number of rotatable bonds is 4. The van der Waals surface area contributed by atoms with Crippen LogP contribution in [0.4, 0.5) is 0 Å². The van der Waals surface area contributed by atoms with E-state index in [0.717, 1.165) is 31.7 Å². The van der Waals surface area contributed by atoms with Gasteiger partial charge in [-0.2, -0.15) is 0 Å². The fourth-order valence-electron chi connectivity index (χ4n) is 3.31. The lowest BCUT2D eigenvalue weighted by molar-refractivity contribution is -0.141. The van der Waals surface area contributed by atoms with Crippen LogP contribution in [0.3, 0.4) is 0 Å². The first-order valence-corrected chi connectivity index (χ1v) is 7.57. The van der Waals surface area contributed by atoms with Crippen LogP contribution < -0.4 is 0 Å². The number of hydrogen-bond donors (Lipinski definition) is 0. The molecule has 1 aliphatic heterocycles. The van der Waals surface area contributed by atoms with Crippen LogP contribution in [0.2, 0.25) is 0 Å². The first-order chi connectivity index (χ1) is 10.6. The Morgan fingerprint density at radius 3 is 3.00 bits per heavy atom. The van der Waals surface area contributed by atoms with Crippen molar-refractivity contribution in [2.75, 3.05) is 27.2 Å². The molecule has 0 N–H and O–H groups in total. The van der Waals surface area contributed by atoms with Gasteiger partial charge in [-0.25, -0.2) is 4.98 Å². The van der Waals surface area contributed by atoms with E-state index in [-0.39, 0.29) is 5.91 Å². The van der Waals surface area contributed by atoms with Gasteiger partial charge in [-0.15, -0.1) is 0 Å². The summed E-state index contributed by atoms with van der Waals surface area (Å²) in [7, 11) is 3.62. The molecule has 0 bridgehead atoms. The summed E-state index contributed by atoms with van der Waals surface area (Å²) >= 11 is 0. The second-order valence-corrected chi connectivity index (χ2v) is 6.09. The predicted octanol–water partition coefficient (Wildman–Crippen LogP) is 1.56. The molecule has 1 unspecified atom stereocenters. The highest BCUT2D eigenvalue weighted by atomic mass is 16.3. The monoisotopic (exact) mass is 302 g/mol. The molecule has 22 heavy (non-hydrogen) atoms. The Morgan fingerprint density at radius 1 is 1.50 bits per heavy atom. The minimum Gasteiger partial charge on any atom is -0.468 e. The van der Waals surface area contributed by atoms with Crippen LogP contribution in [0, 0.1) is 0 Å². The van der Waals surface area contributed by atoms with Crippen molar-refractivity contribution in [2.45, 2.75) is 24.9 Å². The van der Waals surface area contributed by atoms with E-state index in [9.17, 15) is 4.79 Å². The molecule has 1 atom stereocenters. The summed E-state index contributed by atoms with van der Waals surface area (Å²) in [6.45, 7) is 2.36. The van der Waals surface area contributed by atoms with Crippen LogP contribution in [0.15, 0.2) is 41.5 Å². The molecule has 2 aromatic heterocycles. The number of aromatic nitrogens is 2. The SMILES string of the molecule is CN(C)C(=O)C1(n2ccnc2)CCCN(Cc2ccco2)C1. The third-order valence-corrected chi connectivity index (χ3v) is 4.31. The molecule has 1 saturated heterocycles. The highest BCUT2D eigenvalue weighted by molar-refractivity contribution is 5.84. The van der Waals surface area contributed by atoms with E-state index in [4.69, 9.17) is 4.42 Å². The largest absolute Gasteiger partial charge is 0.468 e. The molecule has 2 aromatic rings. The number of piperidine rings is 1. The fraction of sp³-hybridized carbons (Fsp3) is 0.500. The van der Waals surface area contributed by atoms with Gasteiger partial charge >= 0.3 is 0 Å². The molecule has 3 rings (SSSR count). The summed E-state index contributed by atoms with van der Waals surface area (Å²) in [6.07, 6.45) is 8.85. The van der Waals surface area contributed by atoms with Crippen molar-refractivity contribution >= 4 is 5.91 Å². The van der Waals surface area contributed by atoms with Crippen molar-refractivity contribution in [3.05, 3.63) is 42.9 Å². The smallest absolute Gasteiger partial charge is 0.249 e. The lowest BCUT2D eigenvalue weighted by Crippen LogP contribution is -2.57. The summed E-state index contributed by atoms with van der Waals surface area (Å²) in [4.78, 5) is 21.0. The van der Waals surface area contributed by atoms with Crippen molar-refractivity contribution in [1.82, 2.24) is 19.4 Å². The quantitative estimate of drug-likeness (QED) is 0.860. The maximum Gasteiger partial charge on any atom is 0.249 e. The normalized spacial score (nSPS) is 22.6. The van der Waals surface area contributed by atoms with Gasteiger partial charge in [-0.05, 0) is 31.5 Å². The van der Waals surface area contributed by atoms with Crippen LogP contribution in [-0.2, 0) is 16.9 Å². The number of nitrogens with zero attached hydrogens (tertiary/aromatic N) is 4. The Bertz CT molecular complexity index is 606. The number of furan rings is 1.